The Kier molecular flexibility index (Phi) is 4.61. The molecule has 1 heterocycles. The van der Waals surface area contributed by atoms with E-state index in [-0.39, 0.29) is 0 Å². The van der Waals surface area contributed by atoms with Gasteiger partial charge in [0.1, 0.15) is 0 Å². The van der Waals surface area contributed by atoms with Crippen molar-refractivity contribution in [3.8, 4) is 0 Å². The lowest BCUT2D eigenvalue weighted by Crippen LogP contribution is -1.99. The molecule has 2 aromatic rings. The summed E-state index contributed by atoms with van der Waals surface area (Å²) in [4.78, 5) is 16.2. The molecule has 0 amide bonds. The smallest absolute Gasteiger partial charge is 0.336 e. The first kappa shape index (κ1) is 14.1. The molecule has 98 valence electrons. The fourth-order valence-corrected chi connectivity index (χ4v) is 3.24. The molecule has 5 heteroatoms. The molecule has 0 spiro atoms. The summed E-state index contributed by atoms with van der Waals surface area (Å²) >= 11 is 4.85. The van der Waals surface area contributed by atoms with Gasteiger partial charge in [-0.1, -0.05) is 22.0 Å². The molecule has 0 aliphatic carbocycles. The maximum Gasteiger partial charge on any atom is 0.336 e. The SMILES string of the molecule is Cc1cccnc1CSc1cc(Br)ccc1C(=O)O. The van der Waals surface area contributed by atoms with Crippen LogP contribution >= 0.6 is 27.7 Å². The van der Waals surface area contributed by atoms with Gasteiger partial charge in [-0.3, -0.25) is 4.98 Å². The van der Waals surface area contributed by atoms with E-state index in [4.69, 9.17) is 5.11 Å². The largest absolute Gasteiger partial charge is 0.478 e. The van der Waals surface area contributed by atoms with E-state index < -0.39 is 5.97 Å². The van der Waals surface area contributed by atoms with E-state index in [0.717, 1.165) is 20.6 Å². The highest BCUT2D eigenvalue weighted by Crippen LogP contribution is 2.29. The normalized spacial score (nSPS) is 10.4. The van der Waals surface area contributed by atoms with Crippen molar-refractivity contribution in [3.63, 3.8) is 0 Å². The van der Waals surface area contributed by atoms with Crippen LogP contribution in [-0.2, 0) is 5.75 Å². The first-order valence-corrected chi connectivity index (χ1v) is 7.42. The van der Waals surface area contributed by atoms with Gasteiger partial charge < -0.3 is 5.11 Å². The molecule has 0 aliphatic rings. The van der Waals surface area contributed by atoms with Crippen LogP contribution in [0, 0.1) is 6.92 Å². The number of carboxylic acids is 1. The predicted octanol–water partition coefficient (Wildman–Crippen LogP) is 4.14. The van der Waals surface area contributed by atoms with Gasteiger partial charge >= 0.3 is 5.97 Å². The number of benzene rings is 1. The number of aromatic nitrogens is 1. The molecule has 1 aromatic heterocycles. The zero-order chi connectivity index (χ0) is 13.8. The highest BCUT2D eigenvalue weighted by Gasteiger charge is 2.11. The first-order valence-electron chi connectivity index (χ1n) is 5.64. The molecule has 1 N–H and O–H groups in total. The molecule has 0 saturated carbocycles. The number of hydrogen-bond donors (Lipinski definition) is 1. The van der Waals surface area contributed by atoms with Crippen molar-refractivity contribution in [2.24, 2.45) is 0 Å². The molecular weight excluding hydrogens is 326 g/mol. The summed E-state index contributed by atoms with van der Waals surface area (Å²) in [6.45, 7) is 2.00. The molecule has 0 fully saturated rings. The maximum absolute atomic E-state index is 11.2. The van der Waals surface area contributed by atoms with Gasteiger partial charge in [-0.15, -0.1) is 11.8 Å². The second-order valence-corrected chi connectivity index (χ2v) is 5.93. The lowest BCUT2D eigenvalue weighted by atomic mass is 10.2. The molecule has 0 saturated heterocycles. The Morgan fingerprint density at radius 1 is 1.42 bits per heavy atom. The van der Waals surface area contributed by atoms with Crippen LogP contribution in [0.15, 0.2) is 45.9 Å². The number of carboxylic acid groups (broad SMARTS) is 1. The molecule has 0 unspecified atom stereocenters. The highest BCUT2D eigenvalue weighted by atomic mass is 79.9. The number of halogens is 1. The van der Waals surface area contributed by atoms with Gasteiger partial charge in [-0.05, 0) is 36.8 Å². The van der Waals surface area contributed by atoms with Crippen molar-refractivity contribution in [2.45, 2.75) is 17.6 Å². The molecule has 0 atom stereocenters. The van der Waals surface area contributed by atoms with E-state index in [0.29, 0.717) is 11.3 Å². The molecule has 0 aliphatic heterocycles. The monoisotopic (exact) mass is 337 g/mol. The third-order valence-electron chi connectivity index (χ3n) is 2.66. The van der Waals surface area contributed by atoms with Crippen molar-refractivity contribution in [1.82, 2.24) is 4.98 Å². The van der Waals surface area contributed by atoms with Crippen molar-refractivity contribution in [1.29, 1.82) is 0 Å². The summed E-state index contributed by atoms with van der Waals surface area (Å²) in [6.07, 6.45) is 1.75. The lowest BCUT2D eigenvalue weighted by molar-refractivity contribution is 0.0693. The number of carbonyl (C=O) groups is 1. The van der Waals surface area contributed by atoms with Crippen LogP contribution in [-0.4, -0.2) is 16.1 Å². The fourth-order valence-electron chi connectivity index (χ4n) is 1.61. The Morgan fingerprint density at radius 2 is 2.21 bits per heavy atom. The van der Waals surface area contributed by atoms with Crippen molar-refractivity contribution < 1.29 is 9.90 Å². The first-order chi connectivity index (χ1) is 9.08. The van der Waals surface area contributed by atoms with Crippen LogP contribution in [0.25, 0.3) is 0 Å². The number of nitrogens with zero attached hydrogens (tertiary/aromatic N) is 1. The van der Waals surface area contributed by atoms with E-state index in [1.165, 1.54) is 11.8 Å². The summed E-state index contributed by atoms with van der Waals surface area (Å²) in [5.41, 5.74) is 2.41. The second-order valence-electron chi connectivity index (χ2n) is 4.00. The summed E-state index contributed by atoms with van der Waals surface area (Å²) in [6, 6.07) is 9.07. The molecule has 0 bridgehead atoms. The average Bonchev–Trinajstić information content (AvgIpc) is 2.37. The van der Waals surface area contributed by atoms with Crippen LogP contribution in [0.4, 0.5) is 0 Å². The van der Waals surface area contributed by atoms with Crippen molar-refractivity contribution in [2.75, 3.05) is 0 Å². The molecule has 0 radical (unpaired) electrons. The number of aryl methyl sites for hydroxylation is 1. The third-order valence-corrected chi connectivity index (χ3v) is 4.22. The Morgan fingerprint density at radius 3 is 2.89 bits per heavy atom. The molecule has 19 heavy (non-hydrogen) atoms. The molecular formula is C14H12BrNO2S. The van der Waals surface area contributed by atoms with Gasteiger partial charge in [-0.2, -0.15) is 0 Å². The Balaban J connectivity index is 2.22. The topological polar surface area (TPSA) is 50.2 Å². The minimum Gasteiger partial charge on any atom is -0.478 e. The summed E-state index contributed by atoms with van der Waals surface area (Å²) in [7, 11) is 0. The number of aromatic carboxylic acids is 1. The van der Waals surface area contributed by atoms with E-state index >= 15 is 0 Å². The van der Waals surface area contributed by atoms with Gasteiger partial charge in [-0.25, -0.2) is 4.79 Å². The number of pyridine rings is 1. The second kappa shape index (κ2) is 6.21. The Labute approximate surface area is 124 Å². The third kappa shape index (κ3) is 3.58. The Bertz CT molecular complexity index is 616. The maximum atomic E-state index is 11.2. The summed E-state index contributed by atoms with van der Waals surface area (Å²) in [5.74, 6) is -0.253. The van der Waals surface area contributed by atoms with Gasteiger partial charge in [0.25, 0.3) is 0 Å². The van der Waals surface area contributed by atoms with Gasteiger partial charge in [0.05, 0.1) is 11.3 Å². The van der Waals surface area contributed by atoms with Gasteiger partial charge in [0.2, 0.25) is 0 Å². The van der Waals surface area contributed by atoms with E-state index in [9.17, 15) is 4.79 Å². The quantitative estimate of drug-likeness (QED) is 0.851. The highest BCUT2D eigenvalue weighted by molar-refractivity contribution is 9.10. The molecule has 2 rings (SSSR count). The molecule has 3 nitrogen and oxygen atoms in total. The van der Waals surface area contributed by atoms with Crippen LogP contribution < -0.4 is 0 Å². The number of rotatable bonds is 4. The van der Waals surface area contributed by atoms with Crippen LogP contribution in [0.2, 0.25) is 0 Å². The van der Waals surface area contributed by atoms with Crippen LogP contribution in [0.1, 0.15) is 21.6 Å². The van der Waals surface area contributed by atoms with Crippen molar-refractivity contribution >= 4 is 33.7 Å². The fraction of sp³-hybridized carbons (Fsp3) is 0.143. The Hall–Kier alpha value is -1.33. The average molecular weight is 338 g/mol. The van der Waals surface area contributed by atoms with E-state index in [1.54, 1.807) is 18.3 Å². The predicted molar refractivity (Wildman–Crippen MR) is 79.6 cm³/mol. The summed E-state index contributed by atoms with van der Waals surface area (Å²) in [5, 5.41) is 9.16. The minimum atomic E-state index is -0.909. The van der Waals surface area contributed by atoms with Crippen LogP contribution in [0.3, 0.4) is 0 Å². The zero-order valence-corrected chi connectivity index (χ0v) is 12.7. The van der Waals surface area contributed by atoms with E-state index in [2.05, 4.69) is 20.9 Å². The van der Waals surface area contributed by atoms with Gasteiger partial charge in [0, 0.05) is 21.3 Å². The zero-order valence-electron chi connectivity index (χ0n) is 10.3. The number of thioether (sulfide) groups is 1. The standard InChI is InChI=1S/C14H12BrNO2S/c1-9-3-2-6-16-12(9)8-19-13-7-10(15)4-5-11(13)14(17)18/h2-7H,8H2,1H3,(H,17,18). The minimum absolute atomic E-state index is 0.321. The van der Waals surface area contributed by atoms with Gasteiger partial charge in [0.15, 0.2) is 0 Å². The molecule has 1 aromatic carbocycles. The van der Waals surface area contributed by atoms with Crippen LogP contribution in [0.5, 0.6) is 0 Å². The van der Waals surface area contributed by atoms with Crippen molar-refractivity contribution in [3.05, 3.63) is 57.8 Å². The lowest BCUT2D eigenvalue weighted by Gasteiger charge is -2.07. The number of hydrogen-bond acceptors (Lipinski definition) is 3. The summed E-state index contributed by atoms with van der Waals surface area (Å²) < 4.78 is 0.873. The van der Waals surface area contributed by atoms with E-state index in [1.807, 2.05) is 25.1 Å².